The third-order valence-corrected chi connectivity index (χ3v) is 2.96. The molecule has 2 aromatic carbocycles. The van der Waals surface area contributed by atoms with E-state index in [-0.39, 0.29) is 5.56 Å². The van der Waals surface area contributed by atoms with Crippen molar-refractivity contribution in [1.82, 2.24) is 9.97 Å². The van der Waals surface area contributed by atoms with Crippen molar-refractivity contribution in [1.29, 1.82) is 0 Å². The van der Waals surface area contributed by atoms with Gasteiger partial charge in [-0.15, -0.1) is 0 Å². The maximum Gasteiger partial charge on any atom is 0.259 e. The van der Waals surface area contributed by atoms with Crippen molar-refractivity contribution >= 4 is 10.9 Å². The lowest BCUT2D eigenvalue weighted by Crippen LogP contribution is -2.09. The molecule has 0 atom stereocenters. The van der Waals surface area contributed by atoms with Gasteiger partial charge in [-0.05, 0) is 18.2 Å². The van der Waals surface area contributed by atoms with Crippen LogP contribution in [0.5, 0.6) is 5.75 Å². The van der Waals surface area contributed by atoms with Gasteiger partial charge in [-0.25, -0.2) is 4.98 Å². The van der Waals surface area contributed by atoms with Gasteiger partial charge in [-0.3, -0.25) is 4.79 Å². The molecule has 4 heteroatoms. The van der Waals surface area contributed by atoms with E-state index < -0.39 is 0 Å². The van der Waals surface area contributed by atoms with Crippen LogP contribution < -0.4 is 10.3 Å². The SMILES string of the molecule is CC.COc1ccc2nc(-c3ccccc3)[nH]c(=O)c2c1. The zero-order valence-electron chi connectivity index (χ0n) is 12.4. The van der Waals surface area contributed by atoms with E-state index in [1.807, 2.05) is 44.2 Å². The van der Waals surface area contributed by atoms with Crippen LogP contribution in [0, 0.1) is 0 Å². The number of benzene rings is 2. The highest BCUT2D eigenvalue weighted by Crippen LogP contribution is 2.19. The number of fused-ring (bicyclic) bond motifs is 1. The third-order valence-electron chi connectivity index (χ3n) is 2.96. The zero-order chi connectivity index (χ0) is 15.2. The Bertz CT molecular complexity index is 780. The molecule has 1 aromatic heterocycles. The number of aromatic amines is 1. The summed E-state index contributed by atoms with van der Waals surface area (Å²) in [5.74, 6) is 1.22. The van der Waals surface area contributed by atoms with Gasteiger partial charge in [0.25, 0.3) is 5.56 Å². The quantitative estimate of drug-likeness (QED) is 0.781. The summed E-state index contributed by atoms with van der Waals surface area (Å²) in [6, 6.07) is 14.8. The molecule has 4 nitrogen and oxygen atoms in total. The van der Waals surface area contributed by atoms with Crippen LogP contribution in [0.4, 0.5) is 0 Å². The molecule has 21 heavy (non-hydrogen) atoms. The number of nitrogens with zero attached hydrogens (tertiary/aromatic N) is 1. The van der Waals surface area contributed by atoms with Crippen LogP contribution in [-0.4, -0.2) is 17.1 Å². The number of rotatable bonds is 2. The molecule has 0 saturated heterocycles. The summed E-state index contributed by atoms with van der Waals surface area (Å²) < 4.78 is 5.11. The Balaban J connectivity index is 0.000000774. The fourth-order valence-corrected chi connectivity index (χ4v) is 1.98. The Hall–Kier alpha value is -2.62. The summed E-state index contributed by atoms with van der Waals surface area (Å²) in [6.07, 6.45) is 0. The molecule has 0 amide bonds. The first kappa shape index (κ1) is 14.8. The number of methoxy groups -OCH3 is 1. The topological polar surface area (TPSA) is 55.0 Å². The highest BCUT2D eigenvalue weighted by molar-refractivity contribution is 5.80. The Morgan fingerprint density at radius 3 is 2.43 bits per heavy atom. The molecular formula is C17H18N2O2. The van der Waals surface area contributed by atoms with Gasteiger partial charge in [0.2, 0.25) is 0 Å². The Labute approximate surface area is 123 Å². The fourth-order valence-electron chi connectivity index (χ4n) is 1.98. The molecule has 0 unspecified atom stereocenters. The van der Waals surface area contributed by atoms with Crippen LogP contribution >= 0.6 is 0 Å². The number of hydrogen-bond acceptors (Lipinski definition) is 3. The molecule has 0 bridgehead atoms. The van der Waals surface area contributed by atoms with E-state index >= 15 is 0 Å². The van der Waals surface area contributed by atoms with Crippen molar-refractivity contribution < 1.29 is 4.74 Å². The second-order valence-electron chi connectivity index (χ2n) is 4.16. The van der Waals surface area contributed by atoms with Gasteiger partial charge in [0, 0.05) is 5.56 Å². The molecule has 0 fully saturated rings. The average Bonchev–Trinajstić information content (AvgIpc) is 2.57. The first-order valence-electron chi connectivity index (χ1n) is 6.91. The van der Waals surface area contributed by atoms with E-state index in [1.165, 1.54) is 0 Å². The van der Waals surface area contributed by atoms with Crippen LogP contribution in [0.25, 0.3) is 22.3 Å². The van der Waals surface area contributed by atoms with Crippen molar-refractivity contribution in [2.24, 2.45) is 0 Å². The van der Waals surface area contributed by atoms with Gasteiger partial charge in [-0.2, -0.15) is 0 Å². The van der Waals surface area contributed by atoms with Crippen LogP contribution in [0.15, 0.2) is 53.3 Å². The van der Waals surface area contributed by atoms with E-state index in [0.717, 1.165) is 5.56 Å². The fraction of sp³-hybridized carbons (Fsp3) is 0.176. The third kappa shape index (κ3) is 3.11. The van der Waals surface area contributed by atoms with Crippen molar-refractivity contribution in [2.75, 3.05) is 7.11 Å². The van der Waals surface area contributed by atoms with Crippen LogP contribution in [0.1, 0.15) is 13.8 Å². The highest BCUT2D eigenvalue weighted by Gasteiger charge is 2.06. The number of ether oxygens (including phenoxy) is 1. The van der Waals surface area contributed by atoms with Crippen molar-refractivity contribution in [3.05, 3.63) is 58.9 Å². The monoisotopic (exact) mass is 282 g/mol. The van der Waals surface area contributed by atoms with E-state index in [2.05, 4.69) is 9.97 Å². The molecule has 0 radical (unpaired) electrons. The van der Waals surface area contributed by atoms with Gasteiger partial charge >= 0.3 is 0 Å². The highest BCUT2D eigenvalue weighted by atomic mass is 16.5. The molecule has 0 aliphatic heterocycles. The van der Waals surface area contributed by atoms with Gasteiger partial charge in [0.05, 0.1) is 18.0 Å². The van der Waals surface area contributed by atoms with Crippen molar-refractivity contribution in [3.8, 4) is 17.1 Å². The average molecular weight is 282 g/mol. The molecule has 0 aliphatic carbocycles. The Kier molecular flexibility index (Phi) is 4.72. The van der Waals surface area contributed by atoms with E-state index in [9.17, 15) is 4.79 Å². The molecule has 108 valence electrons. The molecule has 0 spiro atoms. The molecule has 0 aliphatic rings. The summed E-state index contributed by atoms with van der Waals surface area (Å²) >= 11 is 0. The van der Waals surface area contributed by atoms with E-state index in [0.29, 0.717) is 22.5 Å². The zero-order valence-corrected chi connectivity index (χ0v) is 12.4. The first-order chi connectivity index (χ1) is 10.3. The summed E-state index contributed by atoms with van der Waals surface area (Å²) in [4.78, 5) is 19.4. The van der Waals surface area contributed by atoms with E-state index in [1.54, 1.807) is 25.3 Å². The molecule has 1 heterocycles. The molecule has 3 rings (SSSR count). The predicted octanol–water partition coefficient (Wildman–Crippen LogP) is 3.62. The van der Waals surface area contributed by atoms with Gasteiger partial charge < -0.3 is 9.72 Å². The second kappa shape index (κ2) is 6.70. The lowest BCUT2D eigenvalue weighted by atomic mass is 10.2. The minimum absolute atomic E-state index is 0.164. The summed E-state index contributed by atoms with van der Waals surface area (Å²) in [6.45, 7) is 4.00. The first-order valence-corrected chi connectivity index (χ1v) is 6.91. The summed E-state index contributed by atoms with van der Waals surface area (Å²) in [5, 5.41) is 0.527. The largest absolute Gasteiger partial charge is 0.497 e. The maximum absolute atomic E-state index is 12.1. The molecule has 1 N–H and O–H groups in total. The molecular weight excluding hydrogens is 264 g/mol. The predicted molar refractivity (Wildman–Crippen MR) is 85.7 cm³/mol. The number of H-pyrrole nitrogens is 1. The second-order valence-corrected chi connectivity index (χ2v) is 4.16. The lowest BCUT2D eigenvalue weighted by molar-refractivity contribution is 0.415. The summed E-state index contributed by atoms with van der Waals surface area (Å²) in [5.41, 5.74) is 1.38. The van der Waals surface area contributed by atoms with Crippen LogP contribution in [0.2, 0.25) is 0 Å². The molecule has 3 aromatic rings. The van der Waals surface area contributed by atoms with Crippen molar-refractivity contribution in [2.45, 2.75) is 13.8 Å². The normalized spacial score (nSPS) is 9.86. The minimum Gasteiger partial charge on any atom is -0.497 e. The van der Waals surface area contributed by atoms with E-state index in [4.69, 9.17) is 4.74 Å². The Morgan fingerprint density at radius 1 is 1.05 bits per heavy atom. The van der Waals surface area contributed by atoms with Crippen LogP contribution in [-0.2, 0) is 0 Å². The minimum atomic E-state index is -0.164. The standard InChI is InChI=1S/C15H12N2O2.C2H6/c1-19-11-7-8-13-12(9-11)15(18)17-14(16-13)10-5-3-2-4-6-10;1-2/h2-9H,1H3,(H,16,17,18);1-2H3. The van der Waals surface area contributed by atoms with Gasteiger partial charge in [0.1, 0.15) is 11.6 Å². The molecule has 0 saturated carbocycles. The van der Waals surface area contributed by atoms with Crippen LogP contribution in [0.3, 0.4) is 0 Å². The van der Waals surface area contributed by atoms with Gasteiger partial charge in [0.15, 0.2) is 0 Å². The lowest BCUT2D eigenvalue weighted by Gasteiger charge is -2.04. The number of hydrogen-bond donors (Lipinski definition) is 1. The number of aromatic nitrogens is 2. The number of nitrogens with one attached hydrogen (secondary N) is 1. The van der Waals surface area contributed by atoms with Crippen molar-refractivity contribution in [3.63, 3.8) is 0 Å². The maximum atomic E-state index is 12.1. The summed E-state index contributed by atoms with van der Waals surface area (Å²) in [7, 11) is 1.57. The van der Waals surface area contributed by atoms with Gasteiger partial charge in [-0.1, -0.05) is 44.2 Å². The smallest absolute Gasteiger partial charge is 0.259 e. The Morgan fingerprint density at radius 2 is 1.76 bits per heavy atom.